The maximum atomic E-state index is 12.9. The Hall–Kier alpha value is -4.12. The van der Waals surface area contributed by atoms with E-state index < -0.39 is 57.8 Å². The summed E-state index contributed by atoms with van der Waals surface area (Å²) in [6, 6.07) is 0. The van der Waals surface area contributed by atoms with E-state index in [1.807, 2.05) is 30.4 Å². The molecule has 0 heterocycles. The van der Waals surface area contributed by atoms with E-state index in [2.05, 4.69) is 106 Å². The summed E-state index contributed by atoms with van der Waals surface area (Å²) in [7, 11) is -4.79. The minimum Gasteiger partial charge on any atom is -0.462 e. The molecule has 0 saturated carbocycles. The van der Waals surface area contributed by atoms with Gasteiger partial charge in [0, 0.05) is 12.8 Å². The number of unbranched alkanes of at least 4 members (excludes halogenated alkanes) is 15. The molecule has 11 nitrogen and oxygen atoms in total. The van der Waals surface area contributed by atoms with Gasteiger partial charge in [-0.3, -0.25) is 23.4 Å². The molecule has 0 bridgehead atoms. The summed E-state index contributed by atoms with van der Waals surface area (Å²) in [5, 5.41) is 9.79. The molecule has 3 unspecified atom stereocenters. The van der Waals surface area contributed by atoms with Gasteiger partial charge < -0.3 is 24.2 Å². The number of phosphoric acid groups is 1. The van der Waals surface area contributed by atoms with Gasteiger partial charge in [-0.2, -0.15) is 0 Å². The van der Waals surface area contributed by atoms with E-state index in [1.165, 1.54) is 70.6 Å². The van der Waals surface area contributed by atoms with Crippen molar-refractivity contribution in [2.24, 2.45) is 0 Å². The molecule has 0 amide bonds. The lowest BCUT2D eigenvalue weighted by Crippen LogP contribution is -2.30. The molecule has 3 atom stereocenters. The van der Waals surface area contributed by atoms with Crippen molar-refractivity contribution in [1.82, 2.24) is 0 Å². The van der Waals surface area contributed by atoms with Crippen LogP contribution in [-0.2, 0) is 42.2 Å². The summed E-state index contributed by atoms with van der Waals surface area (Å²) in [6.45, 7) is 4.23. The minimum absolute atomic E-state index is 0.0646. The van der Waals surface area contributed by atoms with Crippen molar-refractivity contribution in [1.29, 1.82) is 0 Å². The molecule has 0 aliphatic rings. The number of carbonyl (C=O) groups excluding carboxylic acids is 3. The Kier molecular flexibility index (Phi) is 52.1. The maximum Gasteiger partial charge on any atom is 0.472 e. The Bertz CT molecular complexity index is 1700. The van der Waals surface area contributed by atoms with Gasteiger partial charge in [0.2, 0.25) is 0 Å². The summed E-state index contributed by atoms with van der Waals surface area (Å²) < 4.78 is 39.3. The van der Waals surface area contributed by atoms with Crippen LogP contribution in [0.25, 0.3) is 0 Å². The fourth-order valence-electron chi connectivity index (χ4n) is 7.17. The zero-order chi connectivity index (χ0) is 54.1. The first kappa shape index (κ1) is 69.9. The number of esters is 3. The molecule has 0 spiro atoms. The Morgan fingerprint density at radius 2 is 0.757 bits per heavy atom. The number of rotatable bonds is 51. The van der Waals surface area contributed by atoms with Crippen LogP contribution in [-0.4, -0.2) is 66.5 Å². The van der Waals surface area contributed by atoms with E-state index in [0.29, 0.717) is 25.7 Å². The Morgan fingerprint density at radius 3 is 1.18 bits per heavy atom. The molecule has 0 aliphatic carbocycles. The fourth-order valence-corrected chi connectivity index (χ4v) is 7.96. The number of hydrogen-bond donors (Lipinski definition) is 2. The van der Waals surface area contributed by atoms with Crippen LogP contribution in [0.3, 0.4) is 0 Å². The zero-order valence-electron chi connectivity index (χ0n) is 46.3. The van der Waals surface area contributed by atoms with Gasteiger partial charge >= 0.3 is 25.7 Å². The molecular formula is C62H101O11P. The highest BCUT2D eigenvalue weighted by Gasteiger charge is 2.28. The Balaban J connectivity index is 4.90. The summed E-state index contributed by atoms with van der Waals surface area (Å²) in [4.78, 5) is 48.4. The van der Waals surface area contributed by atoms with Crippen LogP contribution in [0.5, 0.6) is 0 Å². The van der Waals surface area contributed by atoms with Gasteiger partial charge in [-0.15, -0.1) is 0 Å². The minimum atomic E-state index is -4.79. The third kappa shape index (κ3) is 52.7. The van der Waals surface area contributed by atoms with Crippen molar-refractivity contribution in [3.8, 4) is 0 Å². The average molecular weight is 1050 g/mol. The molecule has 0 aliphatic heterocycles. The normalized spacial score (nSPS) is 14.3. The standard InChI is InChI=1S/C62H101O11P/c1-4-7-10-13-16-19-22-25-28-29-32-35-38-41-44-47-50-53-62(66)73-59(55-69-60(64)51-48-45-42-39-36-33-30-26-23-20-17-14-11-8-5-2)57-71-74(67,68)70-56-58(54-63)72-61(65)52-49-46-43-40-37-34-31-27-24-21-18-15-12-9-6-3/h7,9-10,12,16,18-19,21,25,27-28,31-32,35,37,40-41,44,46,49,58-59,63H,4-6,8,11,13-15,17,20,22-24,26,29-30,33-34,36,38-39,42-43,45,47-48,50-57H2,1-3H3,(H,67,68)/b10-7-,12-9-,19-16-,21-18-,28-25-,31-27-,35-32-,40-37-,44-41-,49-46-. The summed E-state index contributed by atoms with van der Waals surface area (Å²) in [6.07, 6.45) is 67.7. The Labute approximate surface area is 449 Å². The van der Waals surface area contributed by atoms with Crippen molar-refractivity contribution in [3.05, 3.63) is 122 Å². The quantitative estimate of drug-likeness (QED) is 0.0197. The van der Waals surface area contributed by atoms with Crippen LogP contribution < -0.4 is 0 Å². The highest BCUT2D eigenvalue weighted by molar-refractivity contribution is 7.47. The number of ether oxygens (including phenoxy) is 3. The van der Waals surface area contributed by atoms with E-state index in [-0.39, 0.29) is 25.9 Å². The van der Waals surface area contributed by atoms with Crippen LogP contribution in [0.4, 0.5) is 0 Å². The summed E-state index contributed by atoms with van der Waals surface area (Å²) in [5.41, 5.74) is 0. The lowest BCUT2D eigenvalue weighted by atomic mass is 10.0. The molecule has 2 N–H and O–H groups in total. The number of aliphatic hydroxyl groups excluding tert-OH is 1. The number of hydrogen-bond acceptors (Lipinski definition) is 10. The summed E-state index contributed by atoms with van der Waals surface area (Å²) in [5.74, 6) is -1.68. The highest BCUT2D eigenvalue weighted by Crippen LogP contribution is 2.43. The molecule has 74 heavy (non-hydrogen) atoms. The van der Waals surface area contributed by atoms with Crippen molar-refractivity contribution in [2.45, 2.75) is 226 Å². The van der Waals surface area contributed by atoms with Crippen molar-refractivity contribution in [2.75, 3.05) is 26.4 Å². The second-order valence-electron chi connectivity index (χ2n) is 18.4. The smallest absolute Gasteiger partial charge is 0.462 e. The van der Waals surface area contributed by atoms with Crippen LogP contribution in [0.1, 0.15) is 213 Å². The van der Waals surface area contributed by atoms with Gasteiger partial charge in [0.05, 0.1) is 26.2 Å². The SMILES string of the molecule is CC/C=C\C/C=C\C/C=C\C/C=C\C/C=C\CCCC(=O)OC(COC(=O)CCCCCCCCCCCCCCCCC)COP(=O)(O)OCC(CO)OC(=O)C/C=C\C/C=C\C/C=C\C/C=C\C/C=C\CC. The van der Waals surface area contributed by atoms with Crippen LogP contribution in [0.2, 0.25) is 0 Å². The number of carbonyl (C=O) groups is 3. The molecule has 12 heteroatoms. The third-order valence-electron chi connectivity index (χ3n) is 11.4. The second-order valence-corrected chi connectivity index (χ2v) is 19.8. The fraction of sp³-hybridized carbons (Fsp3) is 0.629. The molecule has 0 aromatic heterocycles. The van der Waals surface area contributed by atoms with Gasteiger partial charge in [-0.1, -0.05) is 232 Å². The molecule has 0 aromatic rings. The maximum absolute atomic E-state index is 12.9. The zero-order valence-corrected chi connectivity index (χ0v) is 47.2. The predicted octanol–water partition coefficient (Wildman–Crippen LogP) is 16.8. The molecular weight excluding hydrogens is 952 g/mol. The predicted molar refractivity (Wildman–Crippen MR) is 306 cm³/mol. The second kappa shape index (κ2) is 55.1. The first-order valence-corrected chi connectivity index (χ1v) is 29.9. The molecule has 0 saturated heterocycles. The number of aliphatic hydroxyl groups is 1. The molecule has 0 fully saturated rings. The average Bonchev–Trinajstić information content (AvgIpc) is 3.39. The van der Waals surface area contributed by atoms with Gasteiger partial charge in [0.25, 0.3) is 0 Å². The molecule has 0 rings (SSSR count). The molecule has 0 radical (unpaired) electrons. The van der Waals surface area contributed by atoms with Crippen LogP contribution in [0, 0.1) is 0 Å². The molecule has 420 valence electrons. The first-order valence-electron chi connectivity index (χ1n) is 28.4. The van der Waals surface area contributed by atoms with Crippen molar-refractivity contribution in [3.63, 3.8) is 0 Å². The van der Waals surface area contributed by atoms with E-state index in [1.54, 1.807) is 6.08 Å². The number of phosphoric ester groups is 1. The largest absolute Gasteiger partial charge is 0.472 e. The lowest BCUT2D eigenvalue weighted by molar-refractivity contribution is -0.161. The van der Waals surface area contributed by atoms with Gasteiger partial charge in [-0.05, 0) is 83.5 Å². The van der Waals surface area contributed by atoms with E-state index >= 15 is 0 Å². The van der Waals surface area contributed by atoms with Gasteiger partial charge in [-0.25, -0.2) is 4.57 Å². The van der Waals surface area contributed by atoms with E-state index in [4.69, 9.17) is 23.3 Å². The van der Waals surface area contributed by atoms with Gasteiger partial charge in [0.1, 0.15) is 12.7 Å². The van der Waals surface area contributed by atoms with Crippen LogP contribution in [0.15, 0.2) is 122 Å². The topological polar surface area (TPSA) is 155 Å². The van der Waals surface area contributed by atoms with Crippen molar-refractivity contribution < 1.29 is 52.2 Å². The van der Waals surface area contributed by atoms with Crippen molar-refractivity contribution >= 4 is 25.7 Å². The Morgan fingerprint density at radius 1 is 0.405 bits per heavy atom. The molecule has 0 aromatic carbocycles. The monoisotopic (exact) mass is 1050 g/mol. The van der Waals surface area contributed by atoms with Crippen LogP contribution >= 0.6 is 7.82 Å². The van der Waals surface area contributed by atoms with Gasteiger partial charge in [0.15, 0.2) is 6.10 Å². The first-order chi connectivity index (χ1) is 36.2. The summed E-state index contributed by atoms with van der Waals surface area (Å²) >= 11 is 0. The third-order valence-corrected chi connectivity index (χ3v) is 12.4. The lowest BCUT2D eigenvalue weighted by Gasteiger charge is -2.21. The number of allylic oxidation sites excluding steroid dienone is 19. The van der Waals surface area contributed by atoms with E-state index in [0.717, 1.165) is 77.0 Å². The van der Waals surface area contributed by atoms with E-state index in [9.17, 15) is 28.9 Å². The highest BCUT2D eigenvalue weighted by atomic mass is 31.2.